The van der Waals surface area contributed by atoms with E-state index < -0.39 is 0 Å². The fourth-order valence-electron chi connectivity index (χ4n) is 0.475. The zero-order valence-corrected chi connectivity index (χ0v) is 5.69. The molecule has 38 valence electrons. The third kappa shape index (κ3) is 1.46. The Morgan fingerprint density at radius 1 is 1.71 bits per heavy atom. The van der Waals surface area contributed by atoms with Gasteiger partial charge in [-0.2, -0.15) is 0 Å². The van der Waals surface area contributed by atoms with Crippen LogP contribution in [0.2, 0.25) is 10.6 Å². The van der Waals surface area contributed by atoms with Gasteiger partial charge in [0.2, 0.25) is 0 Å². The Labute approximate surface area is 49.5 Å². The van der Waals surface area contributed by atoms with Crippen LogP contribution in [0.1, 0.15) is 0 Å². The number of rotatable bonds is 0. The van der Waals surface area contributed by atoms with Crippen molar-refractivity contribution in [3.05, 3.63) is 12.2 Å². The van der Waals surface area contributed by atoms with Crippen LogP contribution >= 0.6 is 0 Å². The average molecular weight is 160 g/mol. The molecule has 0 amide bonds. The summed E-state index contributed by atoms with van der Waals surface area (Å²) in [6, 6.07) is 0. The normalized spacial score (nSPS) is 20.3. The van der Waals surface area contributed by atoms with Crippen molar-refractivity contribution in [2.24, 2.45) is 0 Å². The first kappa shape index (κ1) is 5.07. The van der Waals surface area contributed by atoms with Crippen molar-refractivity contribution < 1.29 is 0 Å². The molecule has 0 saturated carbocycles. The van der Waals surface area contributed by atoms with Gasteiger partial charge in [-0.3, -0.25) is 0 Å². The molecule has 0 aromatic carbocycles. The number of allylic oxidation sites excluding steroid dienone is 2. The van der Waals surface area contributed by atoms with E-state index in [4.69, 9.17) is 5.41 Å². The molecule has 1 N–H and O–H groups in total. The zero-order valence-electron chi connectivity index (χ0n) is 3.98. The Bertz CT molecular complexity index is 107. The summed E-state index contributed by atoms with van der Waals surface area (Å²) in [6.07, 6.45) is 4.00. The van der Waals surface area contributed by atoms with Crippen LogP contribution in [0.4, 0.5) is 0 Å². The van der Waals surface area contributed by atoms with E-state index in [9.17, 15) is 0 Å². The van der Waals surface area contributed by atoms with Gasteiger partial charge in [0.15, 0.2) is 0 Å². The third-order valence-electron chi connectivity index (χ3n) is 0.791. The van der Waals surface area contributed by atoms with E-state index in [0.717, 1.165) is 11.0 Å². The van der Waals surface area contributed by atoms with Crippen LogP contribution in [-0.4, -0.2) is 20.7 Å². The van der Waals surface area contributed by atoms with Gasteiger partial charge in [0.05, 0.1) is 0 Å². The van der Waals surface area contributed by atoms with Crippen molar-refractivity contribution in [3.63, 3.8) is 0 Å². The van der Waals surface area contributed by atoms with E-state index in [1.807, 2.05) is 6.08 Å². The standard InChI is InChI=1S/C5H7NSe/c6-5-2-1-3-7-4-5/h1-2,6H,3-4H2. The molecular formula is C5H7NSe. The Balaban J connectivity index is 2.51. The van der Waals surface area contributed by atoms with Gasteiger partial charge in [0.25, 0.3) is 0 Å². The van der Waals surface area contributed by atoms with Gasteiger partial charge in [-0.15, -0.1) is 0 Å². The van der Waals surface area contributed by atoms with Crippen molar-refractivity contribution in [2.75, 3.05) is 0 Å². The fraction of sp³-hybridized carbons (Fsp3) is 0.400. The third-order valence-corrected chi connectivity index (χ3v) is 2.77. The Morgan fingerprint density at radius 3 is 2.86 bits per heavy atom. The molecule has 0 aromatic rings. The Hall–Kier alpha value is -0.0705. The van der Waals surface area contributed by atoms with E-state index in [0.29, 0.717) is 15.0 Å². The topological polar surface area (TPSA) is 23.9 Å². The summed E-state index contributed by atoms with van der Waals surface area (Å²) in [4.78, 5) is 0. The van der Waals surface area contributed by atoms with E-state index >= 15 is 0 Å². The molecule has 0 unspecified atom stereocenters. The van der Waals surface area contributed by atoms with Crippen molar-refractivity contribution in [1.82, 2.24) is 0 Å². The SMILES string of the molecule is N=C1C=CC[Se]C1. The van der Waals surface area contributed by atoms with Crippen LogP contribution < -0.4 is 0 Å². The first-order valence-electron chi connectivity index (χ1n) is 2.21. The summed E-state index contributed by atoms with van der Waals surface area (Å²) in [5, 5.41) is 9.39. The Morgan fingerprint density at radius 2 is 2.57 bits per heavy atom. The molecule has 0 spiro atoms. The molecule has 1 nitrogen and oxygen atoms in total. The van der Waals surface area contributed by atoms with Gasteiger partial charge >= 0.3 is 48.9 Å². The molecule has 0 atom stereocenters. The number of nitrogens with one attached hydrogen (secondary N) is 1. The molecule has 0 aliphatic carbocycles. The number of hydrogen-bond donors (Lipinski definition) is 1. The molecule has 1 rings (SSSR count). The van der Waals surface area contributed by atoms with Gasteiger partial charge in [-0.05, 0) is 0 Å². The summed E-state index contributed by atoms with van der Waals surface area (Å²) >= 11 is 0.714. The molecule has 0 aromatic heterocycles. The summed E-state index contributed by atoms with van der Waals surface area (Å²) in [5.41, 5.74) is 0.811. The minimum atomic E-state index is 0.714. The predicted octanol–water partition coefficient (Wildman–Crippen LogP) is 1.12. The van der Waals surface area contributed by atoms with Crippen LogP contribution in [-0.2, 0) is 0 Å². The molecule has 0 fully saturated rings. The quantitative estimate of drug-likeness (QED) is 0.513. The maximum absolute atomic E-state index is 7.12. The monoisotopic (exact) mass is 161 g/mol. The molecule has 7 heavy (non-hydrogen) atoms. The van der Waals surface area contributed by atoms with E-state index in [-0.39, 0.29) is 0 Å². The first-order valence-corrected chi connectivity index (χ1v) is 4.63. The maximum atomic E-state index is 7.12. The molecule has 0 saturated heterocycles. The van der Waals surface area contributed by atoms with Crippen LogP contribution in [0.3, 0.4) is 0 Å². The molecular weight excluding hydrogens is 153 g/mol. The second-order valence-electron chi connectivity index (χ2n) is 1.44. The van der Waals surface area contributed by atoms with Crippen LogP contribution in [0, 0.1) is 5.41 Å². The van der Waals surface area contributed by atoms with E-state index in [1.165, 1.54) is 5.32 Å². The van der Waals surface area contributed by atoms with Gasteiger partial charge in [-0.25, -0.2) is 0 Å². The van der Waals surface area contributed by atoms with Gasteiger partial charge in [0.1, 0.15) is 0 Å². The Kier molecular flexibility index (Phi) is 1.66. The number of hydrogen-bond acceptors (Lipinski definition) is 1. The molecule has 0 bridgehead atoms. The predicted molar refractivity (Wildman–Crippen MR) is 32.2 cm³/mol. The molecule has 1 heterocycles. The van der Waals surface area contributed by atoms with Crippen molar-refractivity contribution in [2.45, 2.75) is 10.6 Å². The summed E-state index contributed by atoms with van der Waals surface area (Å²) < 4.78 is 0. The minimum absolute atomic E-state index is 0.714. The molecule has 1 aliphatic rings. The molecule has 0 radical (unpaired) electrons. The van der Waals surface area contributed by atoms with Gasteiger partial charge in [-0.1, -0.05) is 0 Å². The zero-order chi connectivity index (χ0) is 5.11. The van der Waals surface area contributed by atoms with Crippen LogP contribution in [0.15, 0.2) is 12.2 Å². The van der Waals surface area contributed by atoms with E-state index in [2.05, 4.69) is 6.08 Å². The summed E-state index contributed by atoms with van der Waals surface area (Å²) in [6.45, 7) is 0. The van der Waals surface area contributed by atoms with Crippen molar-refractivity contribution >= 4 is 20.7 Å². The van der Waals surface area contributed by atoms with Gasteiger partial charge < -0.3 is 0 Å². The summed E-state index contributed by atoms with van der Waals surface area (Å²) in [5.74, 6) is 0. The fourth-order valence-corrected chi connectivity index (χ4v) is 1.87. The van der Waals surface area contributed by atoms with Crippen LogP contribution in [0.25, 0.3) is 0 Å². The molecule has 1 aliphatic heterocycles. The van der Waals surface area contributed by atoms with Gasteiger partial charge in [0, 0.05) is 0 Å². The second-order valence-corrected chi connectivity index (χ2v) is 3.60. The molecule has 2 heteroatoms. The summed E-state index contributed by atoms with van der Waals surface area (Å²) in [7, 11) is 0. The second kappa shape index (κ2) is 2.29. The average Bonchev–Trinajstić information content (AvgIpc) is 1.69. The van der Waals surface area contributed by atoms with Crippen molar-refractivity contribution in [3.8, 4) is 0 Å². The van der Waals surface area contributed by atoms with E-state index in [1.54, 1.807) is 0 Å². The van der Waals surface area contributed by atoms with Crippen molar-refractivity contribution in [1.29, 1.82) is 5.41 Å². The van der Waals surface area contributed by atoms with Crippen LogP contribution in [0.5, 0.6) is 0 Å². The first-order chi connectivity index (χ1) is 3.39.